The third-order valence-corrected chi connectivity index (χ3v) is 2.53. The summed E-state index contributed by atoms with van der Waals surface area (Å²) >= 11 is 0. The molecule has 0 bridgehead atoms. The van der Waals surface area contributed by atoms with Crippen LogP contribution in [-0.2, 0) is 13.7 Å². The van der Waals surface area contributed by atoms with E-state index in [4.69, 9.17) is 9.47 Å². The van der Waals surface area contributed by atoms with E-state index in [9.17, 15) is 4.79 Å². The van der Waals surface area contributed by atoms with Gasteiger partial charge in [0, 0.05) is 6.07 Å². The zero-order valence-corrected chi connectivity index (χ0v) is 9.66. The minimum absolute atomic E-state index is 0.00728. The van der Waals surface area contributed by atoms with Crippen LogP contribution in [-0.4, -0.2) is 32.6 Å². The van der Waals surface area contributed by atoms with E-state index in [2.05, 4.69) is 15.4 Å². The first-order chi connectivity index (χ1) is 8.72. The molecular weight excluding hydrogens is 236 g/mol. The van der Waals surface area contributed by atoms with E-state index in [0.29, 0.717) is 22.9 Å². The molecule has 0 N–H and O–H groups in total. The number of carbonyl (C=O) groups excluding carboxylic acids is 1. The molecule has 1 aliphatic rings. The molecule has 0 saturated heterocycles. The van der Waals surface area contributed by atoms with Crippen LogP contribution in [0.2, 0.25) is 0 Å². The Bertz CT molecular complexity index is 608. The van der Waals surface area contributed by atoms with Crippen LogP contribution in [0.25, 0.3) is 0 Å². The molecule has 0 aliphatic carbocycles. The van der Waals surface area contributed by atoms with Crippen molar-refractivity contribution >= 4 is 5.78 Å². The van der Waals surface area contributed by atoms with Crippen molar-refractivity contribution in [3.05, 3.63) is 29.6 Å². The first kappa shape index (κ1) is 10.7. The van der Waals surface area contributed by atoms with Crippen molar-refractivity contribution in [2.75, 3.05) is 6.61 Å². The second-order valence-electron chi connectivity index (χ2n) is 3.85. The van der Waals surface area contributed by atoms with Crippen molar-refractivity contribution in [1.82, 2.24) is 20.2 Å². The van der Waals surface area contributed by atoms with Crippen molar-refractivity contribution in [3.8, 4) is 11.5 Å². The van der Waals surface area contributed by atoms with Gasteiger partial charge in [0.25, 0.3) is 0 Å². The van der Waals surface area contributed by atoms with Crippen LogP contribution in [0.5, 0.6) is 11.5 Å². The summed E-state index contributed by atoms with van der Waals surface area (Å²) in [5.74, 6) is 1.66. The van der Waals surface area contributed by atoms with Crippen LogP contribution in [0, 0.1) is 0 Å². The predicted molar refractivity (Wildman–Crippen MR) is 59.4 cm³/mol. The summed E-state index contributed by atoms with van der Waals surface area (Å²) in [5, 5.41) is 11.5. The van der Waals surface area contributed by atoms with Crippen LogP contribution in [0.4, 0.5) is 0 Å². The second-order valence-corrected chi connectivity index (χ2v) is 3.85. The number of Topliss-reactive ketones (excluding diaryl/α,β-unsaturated/α-hetero) is 1. The van der Waals surface area contributed by atoms with Gasteiger partial charge in [-0.3, -0.25) is 4.79 Å². The highest BCUT2D eigenvalue weighted by molar-refractivity contribution is 6.02. The fourth-order valence-electron chi connectivity index (χ4n) is 1.69. The fourth-order valence-corrected chi connectivity index (χ4v) is 1.69. The van der Waals surface area contributed by atoms with Crippen molar-refractivity contribution < 1.29 is 14.3 Å². The van der Waals surface area contributed by atoms with Crippen LogP contribution in [0.15, 0.2) is 18.2 Å². The summed E-state index contributed by atoms with van der Waals surface area (Å²) in [6, 6.07) is 5.11. The van der Waals surface area contributed by atoms with Crippen LogP contribution in [0.1, 0.15) is 16.2 Å². The van der Waals surface area contributed by atoms with Crippen molar-refractivity contribution in [2.45, 2.75) is 6.61 Å². The number of fused-ring (bicyclic) bond motifs is 1. The van der Waals surface area contributed by atoms with Gasteiger partial charge in [-0.15, -0.1) is 10.2 Å². The third-order valence-electron chi connectivity index (χ3n) is 2.53. The summed E-state index contributed by atoms with van der Waals surface area (Å²) in [7, 11) is 1.69. The van der Waals surface area contributed by atoms with Gasteiger partial charge in [-0.2, -0.15) is 4.80 Å². The van der Waals surface area contributed by atoms with E-state index < -0.39 is 0 Å². The first-order valence-electron chi connectivity index (χ1n) is 5.38. The Hall–Kier alpha value is -2.44. The molecular formula is C11H10N4O3. The smallest absolute Gasteiger partial charge is 0.212 e. The van der Waals surface area contributed by atoms with Crippen LogP contribution >= 0.6 is 0 Å². The highest BCUT2D eigenvalue weighted by atomic mass is 16.5. The van der Waals surface area contributed by atoms with E-state index in [0.717, 1.165) is 0 Å². The molecule has 3 rings (SSSR count). The van der Waals surface area contributed by atoms with Gasteiger partial charge in [-0.05, 0) is 17.3 Å². The Morgan fingerprint density at radius 3 is 3.17 bits per heavy atom. The van der Waals surface area contributed by atoms with E-state index in [-0.39, 0.29) is 19.0 Å². The van der Waals surface area contributed by atoms with Crippen molar-refractivity contribution in [1.29, 1.82) is 0 Å². The molecule has 0 amide bonds. The maximum absolute atomic E-state index is 11.4. The Balaban J connectivity index is 1.72. The molecule has 0 spiro atoms. The number of carbonyl (C=O) groups is 1. The average Bonchev–Trinajstić information content (AvgIpc) is 2.94. The molecule has 0 atom stereocenters. The quantitative estimate of drug-likeness (QED) is 0.778. The van der Waals surface area contributed by atoms with Gasteiger partial charge in [0.15, 0.2) is 13.2 Å². The SMILES string of the molecule is Cn1nnc(COc2ccc3c(c2)OCC3=O)n1. The first-order valence-corrected chi connectivity index (χ1v) is 5.38. The third kappa shape index (κ3) is 1.90. The molecule has 1 aromatic carbocycles. The minimum Gasteiger partial charge on any atom is -0.485 e. The zero-order valence-electron chi connectivity index (χ0n) is 9.66. The molecule has 0 fully saturated rings. The number of aromatic nitrogens is 4. The minimum atomic E-state index is -0.00728. The Morgan fingerprint density at radius 1 is 1.50 bits per heavy atom. The number of nitrogens with zero attached hydrogens (tertiary/aromatic N) is 4. The van der Waals surface area contributed by atoms with Crippen molar-refractivity contribution in [3.63, 3.8) is 0 Å². The van der Waals surface area contributed by atoms with E-state index in [1.54, 1.807) is 25.2 Å². The topological polar surface area (TPSA) is 79.1 Å². The Labute approximate surface area is 102 Å². The largest absolute Gasteiger partial charge is 0.485 e. The zero-order chi connectivity index (χ0) is 12.5. The lowest BCUT2D eigenvalue weighted by Crippen LogP contribution is -1.99. The van der Waals surface area contributed by atoms with Gasteiger partial charge < -0.3 is 9.47 Å². The maximum atomic E-state index is 11.4. The molecule has 18 heavy (non-hydrogen) atoms. The molecule has 7 nitrogen and oxygen atoms in total. The molecule has 2 heterocycles. The molecule has 92 valence electrons. The number of benzene rings is 1. The van der Waals surface area contributed by atoms with E-state index in [1.165, 1.54) is 4.80 Å². The number of ether oxygens (including phenoxy) is 2. The lowest BCUT2D eigenvalue weighted by atomic mass is 10.1. The molecule has 0 saturated carbocycles. The number of rotatable bonds is 3. The van der Waals surface area contributed by atoms with E-state index in [1.807, 2.05) is 0 Å². The predicted octanol–water partition coefficient (Wildman–Crippen LogP) is 0.364. The molecule has 0 radical (unpaired) electrons. The summed E-state index contributed by atoms with van der Waals surface area (Å²) in [6.45, 7) is 0.324. The van der Waals surface area contributed by atoms with Gasteiger partial charge in [0.05, 0.1) is 12.6 Å². The Morgan fingerprint density at radius 2 is 2.39 bits per heavy atom. The fraction of sp³-hybridized carbons (Fsp3) is 0.273. The lowest BCUT2D eigenvalue weighted by Gasteiger charge is -2.04. The lowest BCUT2D eigenvalue weighted by molar-refractivity contribution is 0.0961. The van der Waals surface area contributed by atoms with Gasteiger partial charge in [-0.25, -0.2) is 0 Å². The number of hydrogen-bond acceptors (Lipinski definition) is 6. The summed E-state index contributed by atoms with van der Waals surface area (Å²) < 4.78 is 10.7. The molecule has 0 unspecified atom stereocenters. The number of tetrazole rings is 1. The number of aryl methyl sites for hydroxylation is 1. The second kappa shape index (κ2) is 4.10. The summed E-state index contributed by atoms with van der Waals surface area (Å²) in [6.07, 6.45) is 0. The number of ketones is 1. The van der Waals surface area contributed by atoms with Gasteiger partial charge in [-0.1, -0.05) is 0 Å². The maximum Gasteiger partial charge on any atom is 0.212 e. The Kier molecular flexibility index (Phi) is 2.44. The highest BCUT2D eigenvalue weighted by Crippen LogP contribution is 2.29. The molecule has 1 aromatic heterocycles. The van der Waals surface area contributed by atoms with Gasteiger partial charge >= 0.3 is 0 Å². The number of hydrogen-bond donors (Lipinski definition) is 0. The normalized spacial score (nSPS) is 13.3. The van der Waals surface area contributed by atoms with Gasteiger partial charge in [0.1, 0.15) is 11.5 Å². The summed E-state index contributed by atoms with van der Waals surface area (Å²) in [4.78, 5) is 12.7. The van der Waals surface area contributed by atoms with E-state index >= 15 is 0 Å². The standard InChI is InChI=1S/C11H10N4O3/c1-15-13-11(12-14-15)6-17-7-2-3-8-9(16)5-18-10(8)4-7/h2-4H,5-6H2,1H3. The highest BCUT2D eigenvalue weighted by Gasteiger charge is 2.21. The molecule has 2 aromatic rings. The average molecular weight is 246 g/mol. The molecule has 1 aliphatic heterocycles. The molecule has 7 heteroatoms. The summed E-state index contributed by atoms with van der Waals surface area (Å²) in [5.41, 5.74) is 0.597. The van der Waals surface area contributed by atoms with Gasteiger partial charge in [0.2, 0.25) is 11.6 Å². The monoisotopic (exact) mass is 246 g/mol. The van der Waals surface area contributed by atoms with Crippen LogP contribution < -0.4 is 9.47 Å². The van der Waals surface area contributed by atoms with Crippen molar-refractivity contribution in [2.24, 2.45) is 7.05 Å². The van der Waals surface area contributed by atoms with Crippen LogP contribution in [0.3, 0.4) is 0 Å².